The van der Waals surface area contributed by atoms with Gasteiger partial charge in [-0.2, -0.15) is 0 Å². The molecule has 0 atom stereocenters. The Kier molecular flexibility index (Phi) is 9.19. The number of hydrogen-bond acceptors (Lipinski definition) is 6. The Balaban J connectivity index is 2.75. The van der Waals surface area contributed by atoms with Crippen molar-refractivity contribution < 1.29 is 28.5 Å². The van der Waals surface area contributed by atoms with Crippen molar-refractivity contribution in [3.63, 3.8) is 0 Å². The van der Waals surface area contributed by atoms with Crippen molar-refractivity contribution in [2.45, 2.75) is 39.5 Å². The molecule has 0 aliphatic heterocycles. The van der Waals surface area contributed by atoms with E-state index in [-0.39, 0.29) is 0 Å². The summed E-state index contributed by atoms with van der Waals surface area (Å²) in [6, 6.07) is 6.71. The van der Waals surface area contributed by atoms with Crippen LogP contribution >= 0.6 is 0 Å². The van der Waals surface area contributed by atoms with Crippen molar-refractivity contribution in [2.75, 3.05) is 27.4 Å². The van der Waals surface area contributed by atoms with E-state index in [0.29, 0.717) is 58.5 Å². The summed E-state index contributed by atoms with van der Waals surface area (Å²) in [4.78, 5) is 24.0. The molecule has 162 valence electrons. The van der Waals surface area contributed by atoms with Gasteiger partial charge in [-0.05, 0) is 25.0 Å². The van der Waals surface area contributed by atoms with Gasteiger partial charge < -0.3 is 18.9 Å². The number of methoxy groups -OCH3 is 2. The van der Waals surface area contributed by atoms with E-state index in [1.165, 1.54) is 14.2 Å². The van der Waals surface area contributed by atoms with Gasteiger partial charge >= 0.3 is 0 Å². The van der Waals surface area contributed by atoms with E-state index in [9.17, 15) is 9.59 Å². The molecule has 0 fully saturated rings. The Bertz CT molecular complexity index is 788. The van der Waals surface area contributed by atoms with Crippen LogP contribution in [0.4, 0.5) is 0 Å². The predicted molar refractivity (Wildman–Crippen MR) is 117 cm³/mol. The molecule has 2 aromatic carbocycles. The lowest BCUT2D eigenvalue weighted by Gasteiger charge is -2.20. The number of benzene rings is 2. The van der Waals surface area contributed by atoms with Crippen molar-refractivity contribution in [1.29, 1.82) is 0 Å². The molecular formula is C24H30O6. The van der Waals surface area contributed by atoms with Gasteiger partial charge in [0.15, 0.2) is 12.6 Å². The summed E-state index contributed by atoms with van der Waals surface area (Å²) in [5.74, 6) is 1.95. The smallest absolute Gasteiger partial charge is 0.150 e. The third-order valence-electron chi connectivity index (χ3n) is 4.70. The minimum Gasteiger partial charge on any atom is -0.497 e. The third kappa shape index (κ3) is 5.53. The van der Waals surface area contributed by atoms with E-state index >= 15 is 0 Å². The SMILES string of the molecule is CCCCOc1cc(OC)cc(C=O)c1-c1c(C=O)cc(OC)cc1OCCCC. The highest BCUT2D eigenvalue weighted by Crippen LogP contribution is 2.44. The number of carbonyl (C=O) groups excluding carboxylic acids is 2. The second-order valence-corrected chi connectivity index (χ2v) is 6.82. The molecule has 6 nitrogen and oxygen atoms in total. The van der Waals surface area contributed by atoms with Crippen LogP contribution < -0.4 is 18.9 Å². The molecule has 0 amide bonds. The van der Waals surface area contributed by atoms with E-state index in [1.54, 1.807) is 24.3 Å². The Labute approximate surface area is 178 Å². The minimum absolute atomic E-state index is 0.356. The van der Waals surface area contributed by atoms with E-state index in [4.69, 9.17) is 18.9 Å². The van der Waals surface area contributed by atoms with Gasteiger partial charge in [0.25, 0.3) is 0 Å². The zero-order valence-electron chi connectivity index (χ0n) is 18.2. The molecule has 0 aromatic heterocycles. The van der Waals surface area contributed by atoms with Gasteiger partial charge in [-0.1, -0.05) is 26.7 Å². The molecule has 0 saturated heterocycles. The first-order chi connectivity index (χ1) is 14.6. The highest BCUT2D eigenvalue weighted by molar-refractivity contribution is 6.00. The molecule has 0 radical (unpaired) electrons. The van der Waals surface area contributed by atoms with Crippen molar-refractivity contribution in [3.05, 3.63) is 35.4 Å². The lowest BCUT2D eigenvalue weighted by atomic mass is 9.93. The Morgan fingerprint density at radius 1 is 0.700 bits per heavy atom. The molecule has 0 aliphatic rings. The zero-order valence-corrected chi connectivity index (χ0v) is 18.2. The number of ether oxygens (including phenoxy) is 4. The van der Waals surface area contributed by atoms with Crippen molar-refractivity contribution >= 4 is 12.6 Å². The lowest BCUT2D eigenvalue weighted by Crippen LogP contribution is -2.06. The fourth-order valence-electron chi connectivity index (χ4n) is 3.06. The van der Waals surface area contributed by atoms with Crippen molar-refractivity contribution in [1.82, 2.24) is 0 Å². The maximum absolute atomic E-state index is 12.0. The second-order valence-electron chi connectivity index (χ2n) is 6.82. The lowest BCUT2D eigenvalue weighted by molar-refractivity contribution is 0.111. The van der Waals surface area contributed by atoms with E-state index < -0.39 is 0 Å². The molecule has 2 aromatic rings. The standard InChI is InChI=1S/C24H30O6/c1-5-7-9-29-21-13-19(27-3)11-17(15-25)23(21)24-18(16-26)12-20(28-4)14-22(24)30-10-8-6-2/h11-16H,5-10H2,1-4H3. The van der Waals surface area contributed by atoms with Crippen LogP contribution in [-0.2, 0) is 0 Å². The Hall–Kier alpha value is -3.02. The number of unbranched alkanes of at least 4 members (excludes halogenated alkanes) is 2. The maximum atomic E-state index is 12.0. The van der Waals surface area contributed by atoms with Crippen LogP contribution in [0, 0.1) is 0 Å². The van der Waals surface area contributed by atoms with Crippen LogP contribution in [0.25, 0.3) is 11.1 Å². The molecule has 0 aliphatic carbocycles. The normalized spacial score (nSPS) is 10.4. The van der Waals surface area contributed by atoms with E-state index in [1.807, 2.05) is 0 Å². The highest BCUT2D eigenvalue weighted by Gasteiger charge is 2.23. The first kappa shape index (κ1) is 23.3. The molecule has 30 heavy (non-hydrogen) atoms. The number of hydrogen-bond donors (Lipinski definition) is 0. The molecule has 6 heteroatoms. The molecule has 0 saturated carbocycles. The molecule has 0 heterocycles. The molecule has 0 spiro atoms. The predicted octanol–water partition coefficient (Wildman–Crippen LogP) is 5.35. The van der Waals surface area contributed by atoms with Gasteiger partial charge in [-0.25, -0.2) is 0 Å². The van der Waals surface area contributed by atoms with Gasteiger partial charge in [0, 0.05) is 34.4 Å². The first-order valence-electron chi connectivity index (χ1n) is 10.2. The van der Waals surface area contributed by atoms with E-state index in [2.05, 4.69) is 13.8 Å². The summed E-state index contributed by atoms with van der Waals surface area (Å²) in [7, 11) is 3.06. The molecule has 2 rings (SSSR count). The summed E-state index contributed by atoms with van der Waals surface area (Å²) >= 11 is 0. The first-order valence-corrected chi connectivity index (χ1v) is 10.2. The number of aldehydes is 2. The summed E-state index contributed by atoms with van der Waals surface area (Å²) in [6.45, 7) is 5.10. The topological polar surface area (TPSA) is 71.1 Å². The monoisotopic (exact) mass is 414 g/mol. The van der Waals surface area contributed by atoms with Crippen LogP contribution in [-0.4, -0.2) is 40.0 Å². The Morgan fingerprint density at radius 2 is 1.10 bits per heavy atom. The minimum atomic E-state index is 0.356. The zero-order chi connectivity index (χ0) is 21.9. The Morgan fingerprint density at radius 3 is 1.40 bits per heavy atom. The van der Waals surface area contributed by atoms with Crippen LogP contribution in [0.1, 0.15) is 60.2 Å². The average Bonchev–Trinajstić information content (AvgIpc) is 2.78. The summed E-state index contributed by atoms with van der Waals surface area (Å²) < 4.78 is 22.7. The highest BCUT2D eigenvalue weighted by atomic mass is 16.5. The fourth-order valence-corrected chi connectivity index (χ4v) is 3.06. The van der Waals surface area contributed by atoms with Crippen LogP contribution in [0.2, 0.25) is 0 Å². The average molecular weight is 414 g/mol. The molecule has 0 bridgehead atoms. The van der Waals surface area contributed by atoms with Crippen molar-refractivity contribution in [2.24, 2.45) is 0 Å². The quantitative estimate of drug-likeness (QED) is 0.325. The van der Waals surface area contributed by atoms with E-state index in [0.717, 1.165) is 38.3 Å². The van der Waals surface area contributed by atoms with Crippen molar-refractivity contribution in [3.8, 4) is 34.1 Å². The summed E-state index contributed by atoms with van der Waals surface area (Å²) in [5.41, 5.74) is 1.74. The fraction of sp³-hybridized carbons (Fsp3) is 0.417. The summed E-state index contributed by atoms with van der Waals surface area (Å²) in [6.07, 6.45) is 5.12. The molecule has 0 N–H and O–H groups in total. The van der Waals surface area contributed by atoms with Crippen LogP contribution in [0.3, 0.4) is 0 Å². The largest absolute Gasteiger partial charge is 0.497 e. The molecular weight excluding hydrogens is 384 g/mol. The van der Waals surface area contributed by atoms with Crippen LogP contribution in [0.15, 0.2) is 24.3 Å². The van der Waals surface area contributed by atoms with Crippen LogP contribution in [0.5, 0.6) is 23.0 Å². The number of rotatable bonds is 13. The van der Waals surface area contributed by atoms with Gasteiger partial charge in [0.05, 0.1) is 27.4 Å². The van der Waals surface area contributed by atoms with Gasteiger partial charge in [-0.15, -0.1) is 0 Å². The molecule has 0 unspecified atom stereocenters. The third-order valence-corrected chi connectivity index (χ3v) is 4.70. The number of carbonyl (C=O) groups is 2. The maximum Gasteiger partial charge on any atom is 0.150 e. The van der Waals surface area contributed by atoms with Gasteiger partial charge in [0.1, 0.15) is 23.0 Å². The van der Waals surface area contributed by atoms with Gasteiger partial charge in [0.2, 0.25) is 0 Å². The second kappa shape index (κ2) is 11.9. The summed E-state index contributed by atoms with van der Waals surface area (Å²) in [5, 5.41) is 0. The van der Waals surface area contributed by atoms with Gasteiger partial charge in [-0.3, -0.25) is 9.59 Å².